The maximum absolute atomic E-state index is 4.08. The van der Waals surface area contributed by atoms with Gasteiger partial charge in [0.15, 0.2) is 0 Å². The summed E-state index contributed by atoms with van der Waals surface area (Å²) in [6.45, 7) is 12.9. The van der Waals surface area contributed by atoms with Crippen molar-refractivity contribution in [2.24, 2.45) is 0 Å². The lowest BCUT2D eigenvalue weighted by atomic mass is 10.0. The van der Waals surface area contributed by atoms with Crippen molar-refractivity contribution in [3.63, 3.8) is 0 Å². The number of piperazine rings is 1. The van der Waals surface area contributed by atoms with Crippen LogP contribution in [0.3, 0.4) is 0 Å². The predicted octanol–water partition coefficient (Wildman–Crippen LogP) is 2.97. The molecule has 1 aliphatic heterocycles. The molecule has 0 amide bonds. The molecule has 2 heterocycles. The van der Waals surface area contributed by atoms with Gasteiger partial charge in [0.05, 0.1) is 0 Å². The monoisotopic (exact) mass is 250 g/mol. The number of thiophene rings is 1. The van der Waals surface area contributed by atoms with Gasteiger partial charge < -0.3 is 5.32 Å². The Bertz CT molecular complexity index is 377. The Labute approximate surface area is 108 Å². The highest BCUT2D eigenvalue weighted by atomic mass is 32.1. The molecule has 0 radical (unpaired) electrons. The summed E-state index contributed by atoms with van der Waals surface area (Å²) in [7, 11) is 0. The smallest absolute Gasteiger partial charge is 0.0479 e. The number of hydrogen-bond donors (Lipinski definition) is 1. The molecular formula is C14H22N2S. The quantitative estimate of drug-likeness (QED) is 0.827. The van der Waals surface area contributed by atoms with E-state index in [9.17, 15) is 0 Å². The first-order valence-corrected chi connectivity index (χ1v) is 7.14. The van der Waals surface area contributed by atoms with Crippen LogP contribution in [-0.2, 0) is 0 Å². The van der Waals surface area contributed by atoms with E-state index >= 15 is 0 Å². The van der Waals surface area contributed by atoms with Crippen LogP contribution in [0.4, 0.5) is 0 Å². The fourth-order valence-electron chi connectivity index (χ4n) is 2.37. The maximum Gasteiger partial charge on any atom is 0.0479 e. The second-order valence-electron chi connectivity index (χ2n) is 4.91. The summed E-state index contributed by atoms with van der Waals surface area (Å²) in [5, 5.41) is 3.42. The van der Waals surface area contributed by atoms with Crippen LogP contribution >= 0.6 is 11.3 Å². The van der Waals surface area contributed by atoms with Gasteiger partial charge in [-0.05, 0) is 32.4 Å². The highest BCUT2D eigenvalue weighted by molar-refractivity contribution is 7.12. The minimum absolute atomic E-state index is 0.535. The zero-order chi connectivity index (χ0) is 12.3. The first-order chi connectivity index (χ1) is 8.16. The molecule has 0 aromatic carbocycles. The van der Waals surface area contributed by atoms with Gasteiger partial charge in [-0.2, -0.15) is 0 Å². The number of nitrogens with zero attached hydrogens (tertiary/aromatic N) is 1. The molecule has 17 heavy (non-hydrogen) atoms. The molecule has 1 aromatic heterocycles. The van der Waals surface area contributed by atoms with Gasteiger partial charge >= 0.3 is 0 Å². The molecule has 1 atom stereocenters. The standard InChI is InChI=1S/C14H22N2S/c1-11(2)10-13(14-5-4-12(3)17-14)16-8-6-15-7-9-16/h4-5,13,15H,1,6-10H2,2-3H3/t13-/m0/s1. The van der Waals surface area contributed by atoms with E-state index in [2.05, 4.69) is 42.8 Å². The first kappa shape index (κ1) is 12.8. The molecule has 1 fully saturated rings. The van der Waals surface area contributed by atoms with Crippen LogP contribution in [0.25, 0.3) is 0 Å². The summed E-state index contributed by atoms with van der Waals surface area (Å²) in [5.41, 5.74) is 1.28. The summed E-state index contributed by atoms with van der Waals surface area (Å²) in [6, 6.07) is 5.05. The summed E-state index contributed by atoms with van der Waals surface area (Å²) < 4.78 is 0. The Morgan fingerprint density at radius 1 is 1.47 bits per heavy atom. The molecule has 2 nitrogen and oxygen atoms in total. The zero-order valence-electron chi connectivity index (χ0n) is 10.8. The number of rotatable bonds is 4. The van der Waals surface area contributed by atoms with Crippen molar-refractivity contribution in [3.05, 3.63) is 34.0 Å². The van der Waals surface area contributed by atoms with E-state index in [0.717, 1.165) is 32.6 Å². The molecule has 0 unspecified atom stereocenters. The van der Waals surface area contributed by atoms with Crippen molar-refractivity contribution < 1.29 is 0 Å². The summed E-state index contributed by atoms with van der Waals surface area (Å²) >= 11 is 1.93. The van der Waals surface area contributed by atoms with Crippen LogP contribution in [0, 0.1) is 6.92 Å². The van der Waals surface area contributed by atoms with Crippen molar-refractivity contribution >= 4 is 11.3 Å². The molecule has 1 saturated heterocycles. The molecule has 0 spiro atoms. The van der Waals surface area contributed by atoms with Gasteiger partial charge in [-0.1, -0.05) is 5.57 Å². The van der Waals surface area contributed by atoms with Gasteiger partial charge in [-0.3, -0.25) is 4.90 Å². The van der Waals surface area contributed by atoms with Crippen molar-refractivity contribution in [2.75, 3.05) is 26.2 Å². The van der Waals surface area contributed by atoms with E-state index in [4.69, 9.17) is 0 Å². The van der Waals surface area contributed by atoms with E-state index in [1.54, 1.807) is 0 Å². The minimum Gasteiger partial charge on any atom is -0.314 e. The number of nitrogens with one attached hydrogen (secondary N) is 1. The number of hydrogen-bond acceptors (Lipinski definition) is 3. The van der Waals surface area contributed by atoms with Crippen molar-refractivity contribution in [2.45, 2.75) is 26.3 Å². The Balaban J connectivity index is 2.14. The van der Waals surface area contributed by atoms with E-state index in [1.807, 2.05) is 11.3 Å². The molecule has 1 aliphatic rings. The maximum atomic E-state index is 4.08. The Morgan fingerprint density at radius 2 is 2.18 bits per heavy atom. The average Bonchev–Trinajstić information content (AvgIpc) is 2.73. The molecule has 0 aliphatic carbocycles. The predicted molar refractivity (Wildman–Crippen MR) is 75.7 cm³/mol. The number of aryl methyl sites for hydroxylation is 1. The third-order valence-corrected chi connectivity index (χ3v) is 4.33. The fourth-order valence-corrected chi connectivity index (χ4v) is 3.38. The zero-order valence-corrected chi connectivity index (χ0v) is 11.6. The molecule has 94 valence electrons. The second kappa shape index (κ2) is 5.80. The minimum atomic E-state index is 0.535. The SMILES string of the molecule is C=C(C)C[C@@H](c1ccc(C)s1)N1CCNCC1. The van der Waals surface area contributed by atoms with Crippen LogP contribution in [0.15, 0.2) is 24.3 Å². The molecule has 2 rings (SSSR count). The molecule has 0 saturated carbocycles. The normalized spacial score (nSPS) is 19.2. The third-order valence-electron chi connectivity index (χ3n) is 3.22. The highest BCUT2D eigenvalue weighted by Gasteiger charge is 2.23. The lowest BCUT2D eigenvalue weighted by molar-refractivity contribution is 0.175. The molecule has 1 N–H and O–H groups in total. The Hall–Kier alpha value is -0.640. The van der Waals surface area contributed by atoms with Crippen LogP contribution < -0.4 is 5.32 Å². The van der Waals surface area contributed by atoms with Gasteiger partial charge in [-0.15, -0.1) is 17.9 Å². The average molecular weight is 250 g/mol. The van der Waals surface area contributed by atoms with E-state index in [-0.39, 0.29) is 0 Å². The second-order valence-corrected chi connectivity index (χ2v) is 6.23. The van der Waals surface area contributed by atoms with Crippen LogP contribution in [0.2, 0.25) is 0 Å². The van der Waals surface area contributed by atoms with Gasteiger partial charge in [0.25, 0.3) is 0 Å². The Morgan fingerprint density at radius 3 is 2.71 bits per heavy atom. The highest BCUT2D eigenvalue weighted by Crippen LogP contribution is 2.32. The third kappa shape index (κ3) is 3.41. The van der Waals surface area contributed by atoms with Crippen molar-refractivity contribution in [1.29, 1.82) is 0 Å². The summed E-state index contributed by atoms with van der Waals surface area (Å²) in [6.07, 6.45) is 1.08. The molecule has 3 heteroatoms. The lowest BCUT2D eigenvalue weighted by Gasteiger charge is -2.34. The van der Waals surface area contributed by atoms with E-state index in [0.29, 0.717) is 6.04 Å². The van der Waals surface area contributed by atoms with Crippen LogP contribution in [-0.4, -0.2) is 31.1 Å². The topological polar surface area (TPSA) is 15.3 Å². The van der Waals surface area contributed by atoms with E-state index < -0.39 is 0 Å². The van der Waals surface area contributed by atoms with Crippen LogP contribution in [0.1, 0.15) is 29.1 Å². The van der Waals surface area contributed by atoms with Crippen LogP contribution in [0.5, 0.6) is 0 Å². The van der Waals surface area contributed by atoms with Crippen molar-refractivity contribution in [1.82, 2.24) is 10.2 Å². The Kier molecular flexibility index (Phi) is 4.37. The molecule has 1 aromatic rings. The van der Waals surface area contributed by atoms with Gasteiger partial charge in [0.1, 0.15) is 0 Å². The summed E-state index contributed by atoms with van der Waals surface area (Å²) in [5.74, 6) is 0. The van der Waals surface area contributed by atoms with E-state index in [1.165, 1.54) is 15.3 Å². The van der Waals surface area contributed by atoms with Crippen molar-refractivity contribution in [3.8, 4) is 0 Å². The van der Waals surface area contributed by atoms with Gasteiger partial charge in [0, 0.05) is 42.0 Å². The largest absolute Gasteiger partial charge is 0.314 e. The molecular weight excluding hydrogens is 228 g/mol. The lowest BCUT2D eigenvalue weighted by Crippen LogP contribution is -2.45. The first-order valence-electron chi connectivity index (χ1n) is 6.32. The fraction of sp³-hybridized carbons (Fsp3) is 0.571. The summed E-state index contributed by atoms with van der Waals surface area (Å²) in [4.78, 5) is 5.49. The van der Waals surface area contributed by atoms with Gasteiger partial charge in [-0.25, -0.2) is 0 Å². The molecule has 0 bridgehead atoms. The van der Waals surface area contributed by atoms with Gasteiger partial charge in [0.2, 0.25) is 0 Å².